The van der Waals surface area contributed by atoms with Crippen LogP contribution in [0.15, 0.2) is 34.9 Å². The van der Waals surface area contributed by atoms with E-state index in [0.717, 1.165) is 12.1 Å². The summed E-state index contributed by atoms with van der Waals surface area (Å²) < 4.78 is 24.0. The zero-order valence-corrected chi connectivity index (χ0v) is 16.7. The Hall–Kier alpha value is -2.41. The molecule has 1 aromatic heterocycles. The molecule has 5 nitrogen and oxygen atoms in total. The Morgan fingerprint density at radius 1 is 1.11 bits per heavy atom. The molecule has 1 heterocycles. The van der Waals surface area contributed by atoms with Crippen LogP contribution >= 0.6 is 34.8 Å². The first-order chi connectivity index (χ1) is 13.2. The van der Waals surface area contributed by atoms with Gasteiger partial charge in [-0.25, -0.2) is 9.18 Å². The minimum Gasteiger partial charge on any atom is -0.420 e. The Balaban J connectivity index is 2.10. The summed E-state index contributed by atoms with van der Waals surface area (Å²) in [6, 6.07) is 6.65. The largest absolute Gasteiger partial charge is 0.420 e. The number of carbonyl (C=O) groups is 2. The molecule has 0 spiro atoms. The minimum atomic E-state index is -0.916. The second kappa shape index (κ2) is 7.91. The van der Waals surface area contributed by atoms with Gasteiger partial charge in [0.15, 0.2) is 11.5 Å². The zero-order chi connectivity index (χ0) is 20.6. The number of benzene rings is 2. The summed E-state index contributed by atoms with van der Waals surface area (Å²) >= 11 is 18.4. The molecular formula is C19H11Cl3FNO4. The van der Waals surface area contributed by atoms with Crippen molar-refractivity contribution in [3.63, 3.8) is 0 Å². The molecule has 0 aliphatic carbocycles. The molecule has 9 heteroatoms. The van der Waals surface area contributed by atoms with Crippen LogP contribution in [0, 0.1) is 12.7 Å². The lowest BCUT2D eigenvalue weighted by Crippen LogP contribution is -2.13. The van der Waals surface area contributed by atoms with E-state index in [0.29, 0.717) is 0 Å². The molecule has 0 atom stereocenters. The maximum atomic E-state index is 13.6. The Morgan fingerprint density at radius 3 is 2.36 bits per heavy atom. The van der Waals surface area contributed by atoms with E-state index in [1.165, 1.54) is 13.8 Å². The van der Waals surface area contributed by atoms with Gasteiger partial charge in [-0.1, -0.05) is 46.0 Å². The van der Waals surface area contributed by atoms with Crippen molar-refractivity contribution in [2.75, 3.05) is 0 Å². The van der Waals surface area contributed by atoms with Crippen molar-refractivity contribution in [3.8, 4) is 17.0 Å². The van der Waals surface area contributed by atoms with Crippen LogP contribution in [0.25, 0.3) is 11.3 Å². The van der Waals surface area contributed by atoms with E-state index in [1.54, 1.807) is 18.2 Å². The van der Waals surface area contributed by atoms with E-state index in [1.807, 2.05) is 0 Å². The first-order valence-electron chi connectivity index (χ1n) is 7.83. The van der Waals surface area contributed by atoms with Gasteiger partial charge in [0.25, 0.3) is 0 Å². The van der Waals surface area contributed by atoms with Crippen molar-refractivity contribution in [2.45, 2.75) is 13.8 Å². The molecule has 0 amide bonds. The van der Waals surface area contributed by atoms with E-state index in [4.69, 9.17) is 44.1 Å². The summed E-state index contributed by atoms with van der Waals surface area (Å²) in [5, 5.41) is 4.13. The van der Waals surface area contributed by atoms with Gasteiger partial charge < -0.3 is 9.26 Å². The summed E-state index contributed by atoms with van der Waals surface area (Å²) in [5.74, 6) is -2.31. The summed E-state index contributed by atoms with van der Waals surface area (Å²) in [6.07, 6.45) is 0. The highest BCUT2D eigenvalue weighted by Crippen LogP contribution is 2.38. The lowest BCUT2D eigenvalue weighted by Gasteiger charge is -2.11. The number of rotatable bonds is 4. The van der Waals surface area contributed by atoms with E-state index < -0.39 is 17.6 Å². The van der Waals surface area contributed by atoms with Crippen LogP contribution in [0.1, 0.15) is 33.4 Å². The highest BCUT2D eigenvalue weighted by atomic mass is 35.5. The smallest absolute Gasteiger partial charge is 0.349 e. The second-order valence-corrected chi connectivity index (χ2v) is 6.99. The van der Waals surface area contributed by atoms with Gasteiger partial charge >= 0.3 is 5.97 Å². The predicted molar refractivity (Wildman–Crippen MR) is 103 cm³/mol. The van der Waals surface area contributed by atoms with Crippen molar-refractivity contribution in [2.24, 2.45) is 0 Å². The number of aromatic nitrogens is 1. The van der Waals surface area contributed by atoms with Crippen LogP contribution < -0.4 is 4.74 Å². The molecule has 0 N–H and O–H groups in total. The van der Waals surface area contributed by atoms with E-state index in [9.17, 15) is 14.0 Å². The van der Waals surface area contributed by atoms with Crippen LogP contribution in [0.5, 0.6) is 5.75 Å². The molecule has 0 aliphatic heterocycles. The Kier molecular flexibility index (Phi) is 5.74. The number of ether oxygens (including phenoxy) is 1. The third kappa shape index (κ3) is 3.76. The fourth-order valence-electron chi connectivity index (χ4n) is 2.58. The monoisotopic (exact) mass is 441 g/mol. The molecule has 0 radical (unpaired) electrons. The van der Waals surface area contributed by atoms with Crippen molar-refractivity contribution >= 4 is 46.6 Å². The molecule has 2 aromatic carbocycles. The first-order valence-corrected chi connectivity index (χ1v) is 8.97. The average Bonchev–Trinajstić information content (AvgIpc) is 2.98. The van der Waals surface area contributed by atoms with Crippen LogP contribution in [0.3, 0.4) is 0 Å². The van der Waals surface area contributed by atoms with Gasteiger partial charge in [0.2, 0.25) is 0 Å². The maximum absolute atomic E-state index is 13.6. The van der Waals surface area contributed by atoms with E-state index in [-0.39, 0.29) is 49.0 Å². The third-order valence-electron chi connectivity index (χ3n) is 3.85. The normalized spacial score (nSPS) is 10.8. The van der Waals surface area contributed by atoms with Gasteiger partial charge in [-0.3, -0.25) is 4.79 Å². The summed E-state index contributed by atoms with van der Waals surface area (Å²) in [4.78, 5) is 24.7. The van der Waals surface area contributed by atoms with Gasteiger partial charge in [0.1, 0.15) is 22.8 Å². The van der Waals surface area contributed by atoms with Crippen molar-refractivity contribution in [3.05, 3.63) is 68.1 Å². The van der Waals surface area contributed by atoms with Gasteiger partial charge in [0, 0.05) is 5.56 Å². The molecule has 3 aromatic rings. The molecular weight excluding hydrogens is 432 g/mol. The van der Waals surface area contributed by atoms with E-state index >= 15 is 0 Å². The Bertz CT molecular complexity index is 1090. The molecule has 0 bridgehead atoms. The van der Waals surface area contributed by atoms with Crippen molar-refractivity contribution in [1.82, 2.24) is 5.16 Å². The lowest BCUT2D eigenvalue weighted by molar-refractivity contribution is 0.0731. The standard InChI is InChI=1S/C19H11Cl3FNO4/c1-8(25)11-6-10(23)7-14(22)18(11)27-19(26)15-9(2)28-24-17(15)16-12(20)4-3-5-13(16)21/h3-7H,1-2H3. The van der Waals surface area contributed by atoms with Gasteiger partial charge in [0.05, 0.1) is 20.6 Å². The number of halogens is 4. The quantitative estimate of drug-likeness (QED) is 0.274. The van der Waals surface area contributed by atoms with Gasteiger partial charge in [-0.15, -0.1) is 0 Å². The van der Waals surface area contributed by atoms with Crippen LogP contribution in [-0.4, -0.2) is 16.9 Å². The number of carbonyl (C=O) groups excluding carboxylic acids is 2. The lowest BCUT2D eigenvalue weighted by atomic mass is 10.1. The number of Topliss-reactive ketones (excluding diaryl/α,β-unsaturated/α-hetero) is 1. The van der Waals surface area contributed by atoms with Crippen LogP contribution in [0.2, 0.25) is 15.1 Å². The van der Waals surface area contributed by atoms with Gasteiger partial charge in [-0.2, -0.15) is 0 Å². The zero-order valence-electron chi connectivity index (χ0n) is 14.5. The van der Waals surface area contributed by atoms with Crippen molar-refractivity contribution in [1.29, 1.82) is 0 Å². The number of hydrogen-bond acceptors (Lipinski definition) is 5. The maximum Gasteiger partial charge on any atom is 0.349 e. The SMILES string of the molecule is CC(=O)c1cc(F)cc(Cl)c1OC(=O)c1c(-c2c(Cl)cccc2Cl)noc1C. The van der Waals surface area contributed by atoms with Crippen LogP contribution in [-0.2, 0) is 0 Å². The Labute approximate surface area is 173 Å². The fraction of sp³-hybridized carbons (Fsp3) is 0.105. The van der Waals surface area contributed by atoms with E-state index in [2.05, 4.69) is 5.16 Å². The Morgan fingerprint density at radius 2 is 1.75 bits per heavy atom. The fourth-order valence-corrected chi connectivity index (χ4v) is 3.40. The van der Waals surface area contributed by atoms with Gasteiger partial charge in [-0.05, 0) is 38.1 Å². The summed E-state index contributed by atoms with van der Waals surface area (Å²) in [6.45, 7) is 2.69. The summed E-state index contributed by atoms with van der Waals surface area (Å²) in [7, 11) is 0. The highest BCUT2D eigenvalue weighted by Gasteiger charge is 2.28. The molecule has 0 aliphatic rings. The average molecular weight is 443 g/mol. The third-order valence-corrected chi connectivity index (χ3v) is 4.76. The summed E-state index contributed by atoms with van der Waals surface area (Å²) in [5.41, 5.74) is 0.127. The number of hydrogen-bond donors (Lipinski definition) is 0. The van der Waals surface area contributed by atoms with Crippen LogP contribution in [0.4, 0.5) is 4.39 Å². The van der Waals surface area contributed by atoms with Crippen molar-refractivity contribution < 1.29 is 23.2 Å². The number of aryl methyl sites for hydroxylation is 1. The molecule has 0 unspecified atom stereocenters. The second-order valence-electron chi connectivity index (χ2n) is 5.77. The molecule has 0 fully saturated rings. The number of esters is 1. The first kappa shape index (κ1) is 20.3. The topological polar surface area (TPSA) is 69.4 Å². The molecule has 3 rings (SSSR count). The minimum absolute atomic E-state index is 0.0510. The molecule has 144 valence electrons. The number of nitrogens with zero attached hydrogens (tertiary/aromatic N) is 1. The number of ketones is 1. The highest BCUT2D eigenvalue weighted by molar-refractivity contribution is 6.39. The molecule has 28 heavy (non-hydrogen) atoms. The molecule has 0 saturated heterocycles. The molecule has 0 saturated carbocycles. The predicted octanol–water partition coefficient (Wildman–Crippen LogP) is 6.17.